The third kappa shape index (κ3) is 4.18. The second-order valence-electron chi connectivity index (χ2n) is 7.58. The molecule has 30 heavy (non-hydrogen) atoms. The van der Waals surface area contributed by atoms with Crippen LogP contribution >= 0.6 is 0 Å². The van der Waals surface area contributed by atoms with Crippen molar-refractivity contribution >= 4 is 11.6 Å². The van der Waals surface area contributed by atoms with Crippen molar-refractivity contribution in [1.29, 1.82) is 0 Å². The summed E-state index contributed by atoms with van der Waals surface area (Å²) in [6, 6.07) is 26.6. The van der Waals surface area contributed by atoms with E-state index in [4.69, 9.17) is 0 Å². The summed E-state index contributed by atoms with van der Waals surface area (Å²) >= 11 is 0. The Morgan fingerprint density at radius 1 is 0.833 bits per heavy atom. The first-order valence-corrected chi connectivity index (χ1v) is 10.1. The van der Waals surface area contributed by atoms with E-state index >= 15 is 0 Å². The standard InChI is InChI=1S/C26H25N3O/c1-18-9-15-24(16-10-18)29-20(3)26(19(2)28-29)27-25(30)17-21-11-13-23(14-12-21)22-7-5-4-6-8-22/h4-16H,17H2,1-3H3,(H,27,30). The highest BCUT2D eigenvalue weighted by Gasteiger charge is 2.15. The quantitative estimate of drug-likeness (QED) is 0.475. The molecule has 1 aromatic heterocycles. The van der Waals surface area contributed by atoms with Crippen LogP contribution in [0.5, 0.6) is 0 Å². The van der Waals surface area contributed by atoms with Gasteiger partial charge in [0.1, 0.15) is 0 Å². The first kappa shape index (κ1) is 19.6. The number of hydrogen-bond donors (Lipinski definition) is 1. The van der Waals surface area contributed by atoms with Gasteiger partial charge < -0.3 is 5.32 Å². The Labute approximate surface area is 177 Å². The summed E-state index contributed by atoms with van der Waals surface area (Å²) < 4.78 is 1.87. The lowest BCUT2D eigenvalue weighted by Gasteiger charge is -2.08. The second kappa shape index (κ2) is 8.37. The van der Waals surface area contributed by atoms with E-state index in [-0.39, 0.29) is 5.91 Å². The number of benzene rings is 3. The molecule has 0 radical (unpaired) electrons. The molecule has 0 saturated heterocycles. The van der Waals surface area contributed by atoms with E-state index in [9.17, 15) is 4.79 Å². The van der Waals surface area contributed by atoms with Crippen LogP contribution in [0.3, 0.4) is 0 Å². The molecule has 0 saturated carbocycles. The molecular formula is C26H25N3O. The van der Waals surface area contributed by atoms with E-state index in [1.807, 2.05) is 61.0 Å². The SMILES string of the molecule is Cc1ccc(-n2nc(C)c(NC(=O)Cc3ccc(-c4ccccc4)cc3)c2C)cc1. The van der Waals surface area contributed by atoms with Crippen molar-refractivity contribution in [1.82, 2.24) is 9.78 Å². The third-order valence-corrected chi connectivity index (χ3v) is 5.26. The van der Waals surface area contributed by atoms with Crippen LogP contribution in [0.2, 0.25) is 0 Å². The molecule has 1 heterocycles. The van der Waals surface area contributed by atoms with E-state index in [0.29, 0.717) is 6.42 Å². The van der Waals surface area contributed by atoms with Crippen LogP contribution in [0.25, 0.3) is 16.8 Å². The Kier molecular flexibility index (Phi) is 5.48. The number of anilines is 1. The molecule has 0 bridgehead atoms. The minimum absolute atomic E-state index is 0.0443. The van der Waals surface area contributed by atoms with Crippen LogP contribution in [0, 0.1) is 20.8 Å². The molecule has 1 N–H and O–H groups in total. The maximum Gasteiger partial charge on any atom is 0.228 e. The number of nitrogens with one attached hydrogen (secondary N) is 1. The Bertz CT molecular complexity index is 1160. The zero-order valence-electron chi connectivity index (χ0n) is 17.5. The molecular weight excluding hydrogens is 370 g/mol. The van der Waals surface area contributed by atoms with E-state index in [1.165, 1.54) is 11.1 Å². The minimum Gasteiger partial charge on any atom is -0.323 e. The predicted molar refractivity (Wildman–Crippen MR) is 122 cm³/mol. The minimum atomic E-state index is -0.0443. The second-order valence-corrected chi connectivity index (χ2v) is 7.58. The van der Waals surface area contributed by atoms with Crippen molar-refractivity contribution in [2.75, 3.05) is 5.32 Å². The molecule has 4 heteroatoms. The number of nitrogens with zero attached hydrogens (tertiary/aromatic N) is 2. The summed E-state index contributed by atoms with van der Waals surface area (Å²) in [5.74, 6) is -0.0443. The average molecular weight is 396 g/mol. The lowest BCUT2D eigenvalue weighted by molar-refractivity contribution is -0.115. The van der Waals surface area contributed by atoms with Crippen molar-refractivity contribution < 1.29 is 4.79 Å². The normalized spacial score (nSPS) is 10.8. The largest absolute Gasteiger partial charge is 0.323 e. The van der Waals surface area contributed by atoms with Gasteiger partial charge in [-0.2, -0.15) is 5.10 Å². The van der Waals surface area contributed by atoms with Crippen molar-refractivity contribution in [3.63, 3.8) is 0 Å². The summed E-state index contributed by atoms with van der Waals surface area (Å²) in [7, 11) is 0. The summed E-state index contributed by atoms with van der Waals surface area (Å²) in [4.78, 5) is 12.7. The maximum atomic E-state index is 12.7. The third-order valence-electron chi connectivity index (χ3n) is 5.26. The van der Waals surface area contributed by atoms with Gasteiger partial charge in [0.25, 0.3) is 0 Å². The van der Waals surface area contributed by atoms with Crippen LogP contribution in [0.1, 0.15) is 22.5 Å². The molecule has 150 valence electrons. The highest BCUT2D eigenvalue weighted by atomic mass is 16.1. The van der Waals surface area contributed by atoms with Gasteiger partial charge in [0.2, 0.25) is 5.91 Å². The van der Waals surface area contributed by atoms with Gasteiger partial charge in [-0.25, -0.2) is 4.68 Å². The zero-order valence-corrected chi connectivity index (χ0v) is 17.5. The van der Waals surface area contributed by atoms with Crippen molar-refractivity contribution in [3.8, 4) is 16.8 Å². The van der Waals surface area contributed by atoms with Crippen molar-refractivity contribution in [2.24, 2.45) is 0 Å². The molecule has 0 aliphatic heterocycles. The van der Waals surface area contributed by atoms with Crippen LogP contribution in [-0.4, -0.2) is 15.7 Å². The topological polar surface area (TPSA) is 46.9 Å². The summed E-state index contributed by atoms with van der Waals surface area (Å²) in [5, 5.41) is 7.67. The van der Waals surface area contributed by atoms with Crippen LogP contribution < -0.4 is 5.32 Å². The monoisotopic (exact) mass is 395 g/mol. The molecule has 4 rings (SSSR count). The van der Waals surface area contributed by atoms with Crippen LogP contribution in [0.15, 0.2) is 78.9 Å². The van der Waals surface area contributed by atoms with Gasteiger partial charge in [0.05, 0.1) is 29.2 Å². The number of aryl methyl sites for hydroxylation is 2. The number of rotatable bonds is 5. The maximum absolute atomic E-state index is 12.7. The van der Waals surface area contributed by atoms with Gasteiger partial charge in [-0.3, -0.25) is 4.79 Å². The number of aromatic nitrogens is 2. The average Bonchev–Trinajstić information content (AvgIpc) is 3.04. The fourth-order valence-electron chi connectivity index (χ4n) is 3.58. The Hall–Kier alpha value is -3.66. The highest BCUT2D eigenvalue weighted by molar-refractivity contribution is 5.93. The van der Waals surface area contributed by atoms with E-state index < -0.39 is 0 Å². The van der Waals surface area contributed by atoms with Gasteiger partial charge in [-0.05, 0) is 49.6 Å². The number of hydrogen-bond acceptors (Lipinski definition) is 2. The Morgan fingerprint density at radius 3 is 2.13 bits per heavy atom. The highest BCUT2D eigenvalue weighted by Crippen LogP contribution is 2.24. The summed E-state index contributed by atoms with van der Waals surface area (Å²) in [6.45, 7) is 5.95. The molecule has 0 spiro atoms. The molecule has 3 aromatic carbocycles. The van der Waals surface area contributed by atoms with Crippen molar-refractivity contribution in [2.45, 2.75) is 27.2 Å². The fourth-order valence-corrected chi connectivity index (χ4v) is 3.58. The number of amides is 1. The lowest BCUT2D eigenvalue weighted by atomic mass is 10.0. The fraction of sp³-hybridized carbons (Fsp3) is 0.154. The molecule has 0 atom stereocenters. The molecule has 0 fully saturated rings. The Balaban J connectivity index is 1.47. The van der Waals surface area contributed by atoms with Gasteiger partial charge in [0, 0.05) is 0 Å². The first-order valence-electron chi connectivity index (χ1n) is 10.1. The van der Waals surface area contributed by atoms with E-state index in [1.54, 1.807) is 0 Å². The van der Waals surface area contributed by atoms with Gasteiger partial charge in [-0.1, -0.05) is 72.3 Å². The molecule has 4 aromatic rings. The van der Waals surface area contributed by atoms with Crippen LogP contribution in [0.4, 0.5) is 5.69 Å². The van der Waals surface area contributed by atoms with Crippen LogP contribution in [-0.2, 0) is 11.2 Å². The summed E-state index contributed by atoms with van der Waals surface area (Å²) in [6.07, 6.45) is 0.323. The first-order chi connectivity index (χ1) is 14.5. The Morgan fingerprint density at radius 2 is 1.47 bits per heavy atom. The lowest BCUT2D eigenvalue weighted by Crippen LogP contribution is -2.15. The summed E-state index contributed by atoms with van der Waals surface area (Å²) in [5.41, 5.74) is 7.99. The smallest absolute Gasteiger partial charge is 0.228 e. The predicted octanol–water partition coefficient (Wildman–Crippen LogP) is 5.65. The van der Waals surface area contributed by atoms with Gasteiger partial charge in [0.15, 0.2) is 0 Å². The molecule has 0 unspecified atom stereocenters. The van der Waals surface area contributed by atoms with E-state index in [0.717, 1.165) is 33.9 Å². The van der Waals surface area contributed by atoms with Gasteiger partial charge in [-0.15, -0.1) is 0 Å². The molecule has 0 aliphatic rings. The molecule has 4 nitrogen and oxygen atoms in total. The van der Waals surface area contributed by atoms with Crippen molar-refractivity contribution in [3.05, 3.63) is 101 Å². The zero-order chi connectivity index (χ0) is 21.1. The molecule has 0 aliphatic carbocycles. The number of carbonyl (C=O) groups excluding carboxylic acids is 1. The van der Waals surface area contributed by atoms with Gasteiger partial charge >= 0.3 is 0 Å². The number of carbonyl (C=O) groups is 1. The van der Waals surface area contributed by atoms with E-state index in [2.05, 4.69) is 53.7 Å². The molecule has 1 amide bonds.